The van der Waals surface area contributed by atoms with Crippen LogP contribution in [0.5, 0.6) is 5.75 Å². The molecule has 0 unspecified atom stereocenters. The highest BCUT2D eigenvalue weighted by molar-refractivity contribution is 14.1. The second-order valence-electron chi connectivity index (χ2n) is 4.92. The molecule has 3 rings (SSSR count). The highest BCUT2D eigenvalue weighted by Crippen LogP contribution is 2.39. The minimum Gasteiger partial charge on any atom is -0.506 e. The van der Waals surface area contributed by atoms with Gasteiger partial charge in [-0.3, -0.25) is 4.79 Å². The van der Waals surface area contributed by atoms with Crippen molar-refractivity contribution in [3.8, 4) is 5.75 Å². The second-order valence-corrected chi connectivity index (χ2v) is 7.87. The molecule has 0 saturated heterocycles. The van der Waals surface area contributed by atoms with Gasteiger partial charge in [-0.2, -0.15) is 0 Å². The minimum absolute atomic E-state index is 0.0303. The van der Waals surface area contributed by atoms with Crippen LogP contribution in [0.4, 0.5) is 5.69 Å². The number of amides is 1. The Morgan fingerprint density at radius 2 is 1.82 bits per heavy atom. The number of carbonyl (C=O) groups is 1. The number of hydrogen-bond acceptors (Lipinski definition) is 2. The van der Waals surface area contributed by atoms with Crippen molar-refractivity contribution in [3.63, 3.8) is 0 Å². The van der Waals surface area contributed by atoms with E-state index in [0.717, 1.165) is 20.4 Å². The molecule has 1 aliphatic rings. The number of phenols is 1. The van der Waals surface area contributed by atoms with E-state index in [-0.39, 0.29) is 11.7 Å². The molecule has 1 heterocycles. The number of likely N-dealkylation sites (N-methyl/N-ethyl adjacent to an activating group) is 1. The minimum atomic E-state index is -0.0303. The molecule has 22 heavy (non-hydrogen) atoms. The van der Waals surface area contributed by atoms with Crippen LogP contribution < -0.4 is 4.90 Å². The van der Waals surface area contributed by atoms with Crippen LogP contribution in [0.2, 0.25) is 0 Å². The summed E-state index contributed by atoms with van der Waals surface area (Å²) in [5.41, 5.74) is 3.33. The highest BCUT2D eigenvalue weighted by Gasteiger charge is 2.29. The molecule has 0 radical (unpaired) electrons. The SMILES string of the molecule is CN1C(=O)/C(=C\c2cc(Br)c(O)c(Br)c2)c2cc(I)ccc21. The zero-order valence-electron chi connectivity index (χ0n) is 11.4. The lowest BCUT2D eigenvalue weighted by Crippen LogP contribution is -2.20. The fourth-order valence-electron chi connectivity index (χ4n) is 2.40. The molecule has 6 heteroatoms. The molecular formula is C16H10Br2INO2. The van der Waals surface area contributed by atoms with Crippen molar-refractivity contribution in [2.24, 2.45) is 0 Å². The van der Waals surface area contributed by atoms with E-state index >= 15 is 0 Å². The number of rotatable bonds is 1. The maximum atomic E-state index is 12.5. The van der Waals surface area contributed by atoms with Gasteiger partial charge in [-0.25, -0.2) is 0 Å². The normalized spacial score (nSPS) is 15.5. The predicted octanol–water partition coefficient (Wildman–Crippen LogP) is 5.04. The second kappa shape index (κ2) is 5.98. The smallest absolute Gasteiger partial charge is 0.258 e. The predicted molar refractivity (Wildman–Crippen MR) is 104 cm³/mol. The van der Waals surface area contributed by atoms with Crippen LogP contribution in [0.1, 0.15) is 11.1 Å². The molecule has 1 N–H and O–H groups in total. The first kappa shape index (κ1) is 16.0. The Kier molecular flexibility index (Phi) is 4.35. The number of benzene rings is 2. The molecule has 2 aromatic carbocycles. The molecule has 3 nitrogen and oxygen atoms in total. The number of fused-ring (bicyclic) bond motifs is 1. The van der Waals surface area contributed by atoms with Crippen LogP contribution >= 0.6 is 54.5 Å². The van der Waals surface area contributed by atoms with Gasteiger partial charge in [0.05, 0.1) is 14.6 Å². The van der Waals surface area contributed by atoms with E-state index in [0.29, 0.717) is 14.5 Å². The Labute approximate surface area is 158 Å². The van der Waals surface area contributed by atoms with E-state index in [2.05, 4.69) is 54.5 Å². The molecule has 0 aromatic heterocycles. The number of hydrogen-bond donors (Lipinski definition) is 1. The summed E-state index contributed by atoms with van der Waals surface area (Å²) in [4.78, 5) is 14.2. The Balaban J connectivity index is 2.16. The van der Waals surface area contributed by atoms with E-state index in [1.807, 2.05) is 24.3 Å². The maximum Gasteiger partial charge on any atom is 0.258 e. The van der Waals surface area contributed by atoms with Crippen LogP contribution in [0.25, 0.3) is 11.6 Å². The third kappa shape index (κ3) is 2.72. The number of aromatic hydroxyl groups is 1. The molecule has 0 fully saturated rings. The van der Waals surface area contributed by atoms with Gasteiger partial charge in [-0.05, 0) is 96.4 Å². The summed E-state index contributed by atoms with van der Waals surface area (Å²) in [6.45, 7) is 0. The zero-order valence-corrected chi connectivity index (χ0v) is 16.7. The number of phenolic OH excluding ortho intramolecular Hbond substituents is 1. The summed E-state index contributed by atoms with van der Waals surface area (Å²) in [6.07, 6.45) is 1.84. The molecule has 0 saturated carbocycles. The standard InChI is InChI=1S/C16H10Br2INO2/c1-20-14-3-2-9(19)7-10(14)11(16(20)22)4-8-5-12(17)15(21)13(18)6-8/h2-7,21H,1H3/b11-4-. The molecule has 0 bridgehead atoms. The number of halogens is 3. The van der Waals surface area contributed by atoms with Crippen molar-refractivity contribution < 1.29 is 9.90 Å². The first-order chi connectivity index (χ1) is 10.4. The summed E-state index contributed by atoms with van der Waals surface area (Å²) < 4.78 is 2.24. The van der Waals surface area contributed by atoms with Crippen molar-refractivity contribution in [1.29, 1.82) is 0 Å². The Bertz CT molecular complexity index is 810. The first-order valence-electron chi connectivity index (χ1n) is 6.36. The van der Waals surface area contributed by atoms with E-state index in [4.69, 9.17) is 0 Å². The topological polar surface area (TPSA) is 40.5 Å². The van der Waals surface area contributed by atoms with Crippen LogP contribution in [-0.2, 0) is 4.79 Å². The van der Waals surface area contributed by atoms with Gasteiger partial charge < -0.3 is 10.0 Å². The summed E-state index contributed by atoms with van der Waals surface area (Å²) in [5, 5.41) is 9.79. The van der Waals surface area contributed by atoms with Gasteiger partial charge in [0.15, 0.2) is 0 Å². The first-order valence-corrected chi connectivity index (χ1v) is 9.02. The molecule has 2 aromatic rings. The quantitative estimate of drug-likeness (QED) is 0.411. The van der Waals surface area contributed by atoms with Gasteiger partial charge in [0.25, 0.3) is 5.91 Å². The average molecular weight is 535 g/mol. The summed E-state index contributed by atoms with van der Waals surface area (Å²) in [6, 6.07) is 9.52. The third-order valence-electron chi connectivity index (χ3n) is 3.50. The molecule has 0 aliphatic carbocycles. The summed E-state index contributed by atoms with van der Waals surface area (Å²) in [7, 11) is 1.78. The number of anilines is 1. The van der Waals surface area contributed by atoms with Crippen molar-refractivity contribution in [3.05, 3.63) is 54.0 Å². The van der Waals surface area contributed by atoms with Crippen LogP contribution in [0.15, 0.2) is 39.3 Å². The lowest BCUT2D eigenvalue weighted by atomic mass is 10.0. The largest absolute Gasteiger partial charge is 0.506 e. The maximum absolute atomic E-state index is 12.5. The van der Waals surface area contributed by atoms with Crippen LogP contribution in [0.3, 0.4) is 0 Å². The fourth-order valence-corrected chi connectivity index (χ4v) is 4.11. The van der Waals surface area contributed by atoms with Gasteiger partial charge in [-0.1, -0.05) is 0 Å². The molecule has 1 amide bonds. The Morgan fingerprint density at radius 3 is 2.45 bits per heavy atom. The van der Waals surface area contributed by atoms with Gasteiger partial charge in [0.2, 0.25) is 0 Å². The number of carbonyl (C=O) groups excluding carboxylic acids is 1. The van der Waals surface area contributed by atoms with Crippen molar-refractivity contribution in [1.82, 2.24) is 0 Å². The van der Waals surface area contributed by atoms with Crippen molar-refractivity contribution in [2.45, 2.75) is 0 Å². The van der Waals surface area contributed by atoms with E-state index in [9.17, 15) is 9.90 Å². The summed E-state index contributed by atoms with van der Waals surface area (Å²) in [5.74, 6) is 0.115. The van der Waals surface area contributed by atoms with Gasteiger partial charge >= 0.3 is 0 Å². The third-order valence-corrected chi connectivity index (χ3v) is 5.38. The Hall–Kier alpha value is -0.860. The van der Waals surface area contributed by atoms with Gasteiger partial charge in [-0.15, -0.1) is 0 Å². The molecular weight excluding hydrogens is 525 g/mol. The molecule has 112 valence electrons. The van der Waals surface area contributed by atoms with E-state index in [1.165, 1.54) is 0 Å². The fraction of sp³-hybridized carbons (Fsp3) is 0.0625. The average Bonchev–Trinajstić information content (AvgIpc) is 2.69. The van der Waals surface area contributed by atoms with Gasteiger partial charge in [0, 0.05) is 21.8 Å². The number of nitrogens with zero attached hydrogens (tertiary/aromatic N) is 1. The molecule has 1 aliphatic heterocycles. The lowest BCUT2D eigenvalue weighted by molar-refractivity contribution is -0.112. The monoisotopic (exact) mass is 533 g/mol. The van der Waals surface area contributed by atoms with Crippen LogP contribution in [-0.4, -0.2) is 18.1 Å². The van der Waals surface area contributed by atoms with Crippen LogP contribution in [0, 0.1) is 3.57 Å². The molecule has 0 spiro atoms. The van der Waals surface area contributed by atoms with Crippen molar-refractivity contribution >= 4 is 77.7 Å². The molecule has 0 atom stereocenters. The zero-order chi connectivity index (χ0) is 16.0. The Morgan fingerprint density at radius 1 is 1.18 bits per heavy atom. The van der Waals surface area contributed by atoms with E-state index < -0.39 is 0 Å². The van der Waals surface area contributed by atoms with Crippen molar-refractivity contribution in [2.75, 3.05) is 11.9 Å². The van der Waals surface area contributed by atoms with Gasteiger partial charge in [0.1, 0.15) is 5.75 Å². The van der Waals surface area contributed by atoms with E-state index in [1.54, 1.807) is 24.1 Å². The lowest BCUT2D eigenvalue weighted by Gasteiger charge is -2.08. The highest BCUT2D eigenvalue weighted by atomic mass is 127. The summed E-state index contributed by atoms with van der Waals surface area (Å²) >= 11 is 8.86.